The topological polar surface area (TPSA) is 86.2 Å². The first kappa shape index (κ1) is 23.5. The van der Waals surface area contributed by atoms with E-state index in [9.17, 15) is 4.79 Å². The molecule has 3 rings (SSSR count). The number of rotatable bonds is 10. The van der Waals surface area contributed by atoms with E-state index in [0.29, 0.717) is 37.6 Å². The number of benzene rings is 1. The van der Waals surface area contributed by atoms with Crippen LogP contribution in [0.4, 0.5) is 0 Å². The fourth-order valence-electron chi connectivity index (χ4n) is 3.20. The van der Waals surface area contributed by atoms with Gasteiger partial charge in [-0.05, 0) is 74.9 Å². The summed E-state index contributed by atoms with van der Waals surface area (Å²) >= 11 is 1.52. The number of hydrogen-bond donors (Lipinski definition) is 1. The first-order valence-corrected chi connectivity index (χ1v) is 11.7. The summed E-state index contributed by atoms with van der Waals surface area (Å²) < 4.78 is 11.3. The van der Waals surface area contributed by atoms with Crippen molar-refractivity contribution in [2.24, 2.45) is 0 Å². The average Bonchev–Trinajstić information content (AvgIpc) is 2.79. The summed E-state index contributed by atoms with van der Waals surface area (Å²) in [6.07, 6.45) is 4.61. The van der Waals surface area contributed by atoms with E-state index in [0.717, 1.165) is 33.4 Å². The van der Waals surface area contributed by atoms with Gasteiger partial charge >= 0.3 is 0 Å². The predicted molar refractivity (Wildman–Crippen MR) is 125 cm³/mol. The lowest BCUT2D eigenvalue weighted by Crippen LogP contribution is -2.23. The van der Waals surface area contributed by atoms with Crippen molar-refractivity contribution in [2.45, 2.75) is 45.3 Å². The van der Waals surface area contributed by atoms with Crippen molar-refractivity contribution in [2.75, 3.05) is 12.9 Å². The zero-order chi connectivity index (χ0) is 22.9. The van der Waals surface area contributed by atoms with Crippen LogP contribution >= 0.6 is 11.8 Å². The molecule has 2 heterocycles. The standard InChI is InChI=1S/C24H28N4O3S/c1-5-30-19-6-8-20(9-7-19)31-23-14-18(12-13-25-23)15-26-22(29)11-10-21-16(2)27-24(32-4)28-17(21)3/h6-9,12-14H,5,10-11,15H2,1-4H3,(H,26,29). The van der Waals surface area contributed by atoms with E-state index in [1.807, 2.05) is 63.4 Å². The Hall–Kier alpha value is -3.13. The SMILES string of the molecule is CCOc1ccc(Oc2cc(CNC(=O)CCc3c(C)nc(SC)nc3C)ccn2)cc1. The van der Waals surface area contributed by atoms with Crippen LogP contribution in [0.25, 0.3) is 0 Å². The molecule has 0 fully saturated rings. The van der Waals surface area contributed by atoms with Crippen molar-refractivity contribution >= 4 is 17.7 Å². The molecule has 0 saturated heterocycles. The molecule has 1 aromatic carbocycles. The molecule has 1 amide bonds. The molecule has 0 spiro atoms. The fraction of sp³-hybridized carbons (Fsp3) is 0.333. The van der Waals surface area contributed by atoms with Crippen LogP contribution in [0.15, 0.2) is 47.8 Å². The van der Waals surface area contributed by atoms with E-state index in [1.165, 1.54) is 11.8 Å². The smallest absolute Gasteiger partial charge is 0.220 e. The summed E-state index contributed by atoms with van der Waals surface area (Å²) in [6, 6.07) is 11.0. The van der Waals surface area contributed by atoms with Crippen LogP contribution in [-0.4, -0.2) is 33.7 Å². The van der Waals surface area contributed by atoms with Crippen molar-refractivity contribution in [1.29, 1.82) is 0 Å². The van der Waals surface area contributed by atoms with E-state index in [4.69, 9.17) is 9.47 Å². The van der Waals surface area contributed by atoms with E-state index < -0.39 is 0 Å². The molecule has 0 radical (unpaired) electrons. The van der Waals surface area contributed by atoms with Crippen LogP contribution in [-0.2, 0) is 17.8 Å². The second-order valence-corrected chi connectivity index (χ2v) is 7.92. The Bertz CT molecular complexity index is 1030. The lowest BCUT2D eigenvalue weighted by Gasteiger charge is -2.11. The summed E-state index contributed by atoms with van der Waals surface area (Å²) in [4.78, 5) is 25.6. The maximum atomic E-state index is 12.4. The highest BCUT2D eigenvalue weighted by atomic mass is 32.2. The van der Waals surface area contributed by atoms with Crippen molar-refractivity contribution < 1.29 is 14.3 Å². The Morgan fingerprint density at radius 3 is 2.41 bits per heavy atom. The Balaban J connectivity index is 1.52. The second-order valence-electron chi connectivity index (χ2n) is 7.15. The Morgan fingerprint density at radius 2 is 1.75 bits per heavy atom. The van der Waals surface area contributed by atoms with Gasteiger partial charge < -0.3 is 14.8 Å². The lowest BCUT2D eigenvalue weighted by molar-refractivity contribution is -0.121. The predicted octanol–water partition coefficient (Wildman–Crippen LogP) is 4.65. The molecule has 1 N–H and O–H groups in total. The minimum atomic E-state index is -0.0245. The maximum absolute atomic E-state index is 12.4. The average molecular weight is 453 g/mol. The molecule has 0 aliphatic carbocycles. The summed E-state index contributed by atoms with van der Waals surface area (Å²) in [5, 5.41) is 3.72. The van der Waals surface area contributed by atoms with Crippen LogP contribution < -0.4 is 14.8 Å². The Kier molecular flexibility index (Phi) is 8.44. The van der Waals surface area contributed by atoms with Gasteiger partial charge in [0, 0.05) is 36.6 Å². The molecule has 0 bridgehead atoms. The van der Waals surface area contributed by atoms with Gasteiger partial charge in [-0.1, -0.05) is 11.8 Å². The third kappa shape index (κ3) is 6.68. The van der Waals surface area contributed by atoms with Gasteiger partial charge in [0.15, 0.2) is 5.16 Å². The summed E-state index contributed by atoms with van der Waals surface area (Å²) in [5.74, 6) is 1.91. The number of amides is 1. The number of hydrogen-bond acceptors (Lipinski definition) is 7. The van der Waals surface area contributed by atoms with Gasteiger partial charge in [-0.2, -0.15) is 0 Å². The molecule has 32 heavy (non-hydrogen) atoms. The quantitative estimate of drug-likeness (QED) is 0.354. The molecule has 0 aliphatic heterocycles. The highest BCUT2D eigenvalue weighted by Crippen LogP contribution is 2.23. The molecular formula is C24H28N4O3S. The Labute approximate surface area is 193 Å². The summed E-state index contributed by atoms with van der Waals surface area (Å²) in [7, 11) is 0. The van der Waals surface area contributed by atoms with Crippen molar-refractivity contribution in [3.05, 3.63) is 65.1 Å². The van der Waals surface area contributed by atoms with E-state index in [2.05, 4.69) is 20.3 Å². The number of nitrogens with one attached hydrogen (secondary N) is 1. The van der Waals surface area contributed by atoms with Crippen molar-refractivity contribution in [3.8, 4) is 17.4 Å². The molecular weight excluding hydrogens is 424 g/mol. The van der Waals surface area contributed by atoms with E-state index in [-0.39, 0.29) is 5.91 Å². The number of thioether (sulfide) groups is 1. The summed E-state index contributed by atoms with van der Waals surface area (Å²) in [6.45, 7) is 6.89. The van der Waals surface area contributed by atoms with Crippen molar-refractivity contribution in [3.63, 3.8) is 0 Å². The number of nitrogens with zero attached hydrogens (tertiary/aromatic N) is 3. The zero-order valence-corrected chi connectivity index (χ0v) is 19.7. The molecule has 8 heteroatoms. The Morgan fingerprint density at radius 1 is 1.06 bits per heavy atom. The van der Waals surface area contributed by atoms with Crippen LogP contribution in [0, 0.1) is 13.8 Å². The highest BCUT2D eigenvalue weighted by molar-refractivity contribution is 7.98. The number of aromatic nitrogens is 3. The molecule has 2 aromatic heterocycles. The molecule has 0 unspecified atom stereocenters. The fourth-order valence-corrected chi connectivity index (χ4v) is 3.65. The van der Waals surface area contributed by atoms with E-state index >= 15 is 0 Å². The first-order chi connectivity index (χ1) is 15.5. The highest BCUT2D eigenvalue weighted by Gasteiger charge is 2.11. The molecule has 0 atom stereocenters. The molecule has 168 valence electrons. The zero-order valence-electron chi connectivity index (χ0n) is 18.8. The minimum absolute atomic E-state index is 0.0245. The monoisotopic (exact) mass is 452 g/mol. The van der Waals surface area contributed by atoms with Gasteiger partial charge in [0.05, 0.1) is 6.61 Å². The molecule has 0 aliphatic rings. The summed E-state index contributed by atoms with van der Waals surface area (Å²) in [5.41, 5.74) is 3.81. The number of aryl methyl sites for hydroxylation is 2. The number of carbonyl (C=O) groups is 1. The third-order valence-electron chi connectivity index (χ3n) is 4.83. The van der Waals surface area contributed by atoms with Gasteiger partial charge in [0.1, 0.15) is 11.5 Å². The third-order valence-corrected chi connectivity index (χ3v) is 5.38. The maximum Gasteiger partial charge on any atom is 0.220 e. The second kappa shape index (κ2) is 11.5. The lowest BCUT2D eigenvalue weighted by atomic mass is 10.1. The molecule has 7 nitrogen and oxygen atoms in total. The minimum Gasteiger partial charge on any atom is -0.494 e. The number of ether oxygens (including phenoxy) is 2. The number of pyridine rings is 1. The van der Waals surface area contributed by atoms with Crippen LogP contribution in [0.3, 0.4) is 0 Å². The largest absolute Gasteiger partial charge is 0.494 e. The van der Waals surface area contributed by atoms with Gasteiger partial charge in [-0.15, -0.1) is 0 Å². The van der Waals surface area contributed by atoms with Crippen LogP contribution in [0.5, 0.6) is 17.4 Å². The molecule has 0 saturated carbocycles. The van der Waals surface area contributed by atoms with Gasteiger partial charge in [0.25, 0.3) is 0 Å². The molecule has 3 aromatic rings. The van der Waals surface area contributed by atoms with Crippen LogP contribution in [0.2, 0.25) is 0 Å². The normalized spacial score (nSPS) is 10.6. The van der Waals surface area contributed by atoms with Crippen molar-refractivity contribution in [1.82, 2.24) is 20.3 Å². The van der Waals surface area contributed by atoms with E-state index in [1.54, 1.807) is 6.20 Å². The first-order valence-electron chi connectivity index (χ1n) is 10.5. The van der Waals surface area contributed by atoms with Gasteiger partial charge in [-0.3, -0.25) is 4.79 Å². The van der Waals surface area contributed by atoms with Gasteiger partial charge in [-0.25, -0.2) is 15.0 Å². The van der Waals surface area contributed by atoms with Gasteiger partial charge in [0.2, 0.25) is 11.8 Å². The van der Waals surface area contributed by atoms with Crippen LogP contribution in [0.1, 0.15) is 35.9 Å². The number of carbonyl (C=O) groups excluding carboxylic acids is 1.